The molecular weight excluding hydrogens is 270 g/mol. The highest BCUT2D eigenvalue weighted by molar-refractivity contribution is 8.01. The van der Waals surface area contributed by atoms with Gasteiger partial charge >= 0.3 is 5.97 Å². The van der Waals surface area contributed by atoms with Gasteiger partial charge < -0.3 is 10.5 Å². The van der Waals surface area contributed by atoms with Gasteiger partial charge in [-0.1, -0.05) is 30.0 Å². The Kier molecular flexibility index (Phi) is 5.55. The molecule has 0 saturated heterocycles. The van der Waals surface area contributed by atoms with Gasteiger partial charge in [-0.2, -0.15) is 0 Å². The smallest absolute Gasteiger partial charge is 0.325 e. The highest BCUT2D eigenvalue weighted by Gasteiger charge is 2.32. The van der Waals surface area contributed by atoms with Crippen LogP contribution < -0.4 is 5.73 Å². The summed E-state index contributed by atoms with van der Waals surface area (Å²) in [5.74, 6) is -0.356. The molecule has 18 heavy (non-hydrogen) atoms. The molecule has 1 rings (SSSR count). The minimum atomic E-state index is -0.956. The van der Waals surface area contributed by atoms with Gasteiger partial charge in [-0.25, -0.2) is 0 Å². The predicted octanol–water partition coefficient (Wildman–Crippen LogP) is 2.00. The summed E-state index contributed by atoms with van der Waals surface area (Å²) in [6.45, 7) is 7.76. The van der Waals surface area contributed by atoms with Crippen molar-refractivity contribution in [2.45, 2.75) is 49.2 Å². The van der Waals surface area contributed by atoms with Crippen LogP contribution in [-0.2, 0) is 9.53 Å². The van der Waals surface area contributed by atoms with E-state index >= 15 is 0 Å². The summed E-state index contributed by atoms with van der Waals surface area (Å²) < 4.78 is 5.87. The number of carbonyl (C=O) groups excluding carboxylic acids is 1. The molecule has 0 aliphatic heterocycles. The van der Waals surface area contributed by atoms with E-state index in [0.29, 0.717) is 13.0 Å². The Balaban J connectivity index is 2.53. The first-order valence-corrected chi connectivity index (χ1v) is 7.47. The normalized spacial score (nSPS) is 16.1. The Morgan fingerprint density at radius 3 is 2.78 bits per heavy atom. The van der Waals surface area contributed by atoms with Crippen LogP contribution in [0.5, 0.6) is 0 Å². The van der Waals surface area contributed by atoms with Crippen molar-refractivity contribution in [2.24, 2.45) is 5.73 Å². The Labute approximate surface area is 116 Å². The maximum Gasteiger partial charge on any atom is 0.325 e. The molecule has 2 N–H and O–H groups in total. The first kappa shape index (κ1) is 15.4. The maximum atomic E-state index is 11.7. The van der Waals surface area contributed by atoms with Crippen LogP contribution in [0, 0.1) is 6.92 Å². The second-order valence-corrected chi connectivity index (χ2v) is 7.22. The van der Waals surface area contributed by atoms with Gasteiger partial charge in [0.1, 0.15) is 10.5 Å². The van der Waals surface area contributed by atoms with Crippen molar-refractivity contribution in [3.63, 3.8) is 0 Å². The van der Waals surface area contributed by atoms with Crippen LogP contribution in [0.4, 0.5) is 0 Å². The molecule has 0 aliphatic rings. The summed E-state index contributed by atoms with van der Waals surface area (Å²) in [6, 6.07) is 0. The van der Waals surface area contributed by atoms with Gasteiger partial charge in [0.05, 0.1) is 6.61 Å². The van der Waals surface area contributed by atoms with Crippen LogP contribution in [-0.4, -0.2) is 33.6 Å². The molecular formula is C11H19N3O2S2. The summed E-state index contributed by atoms with van der Waals surface area (Å²) in [5.41, 5.74) is 5.03. The molecule has 0 bridgehead atoms. The second-order valence-electron chi connectivity index (χ2n) is 4.36. The topological polar surface area (TPSA) is 78.1 Å². The van der Waals surface area contributed by atoms with Crippen LogP contribution in [0.1, 0.15) is 32.2 Å². The van der Waals surface area contributed by atoms with Gasteiger partial charge in [0.2, 0.25) is 0 Å². The average Bonchev–Trinajstić information content (AvgIpc) is 2.63. The first-order valence-electron chi connectivity index (χ1n) is 5.78. The van der Waals surface area contributed by atoms with Gasteiger partial charge in [0.25, 0.3) is 0 Å². The Morgan fingerprint density at radius 1 is 1.61 bits per heavy atom. The SMILES string of the molecule is CCOC(=O)C(C)(N)CC(C)Sc1nnc(C)s1. The summed E-state index contributed by atoms with van der Waals surface area (Å²) in [6.07, 6.45) is 0.537. The quantitative estimate of drug-likeness (QED) is 0.637. The third-order valence-corrected chi connectivity index (χ3v) is 4.29. The van der Waals surface area contributed by atoms with E-state index in [-0.39, 0.29) is 11.2 Å². The highest BCUT2D eigenvalue weighted by Crippen LogP contribution is 2.30. The first-order chi connectivity index (χ1) is 8.35. The number of aromatic nitrogens is 2. The number of nitrogens with zero attached hydrogens (tertiary/aromatic N) is 2. The maximum absolute atomic E-state index is 11.7. The number of carbonyl (C=O) groups is 1. The number of ether oxygens (including phenoxy) is 1. The highest BCUT2D eigenvalue weighted by atomic mass is 32.2. The monoisotopic (exact) mass is 289 g/mol. The second kappa shape index (κ2) is 6.49. The van der Waals surface area contributed by atoms with Crippen molar-refractivity contribution in [1.29, 1.82) is 0 Å². The van der Waals surface area contributed by atoms with E-state index in [1.807, 2.05) is 13.8 Å². The van der Waals surface area contributed by atoms with Crippen LogP contribution in [0.15, 0.2) is 4.34 Å². The molecule has 5 nitrogen and oxygen atoms in total. The van der Waals surface area contributed by atoms with Gasteiger partial charge in [-0.05, 0) is 27.2 Å². The number of nitrogens with two attached hydrogens (primary N) is 1. The van der Waals surface area contributed by atoms with Crippen molar-refractivity contribution in [3.05, 3.63) is 5.01 Å². The van der Waals surface area contributed by atoms with E-state index < -0.39 is 5.54 Å². The Morgan fingerprint density at radius 2 is 2.28 bits per heavy atom. The number of thioether (sulfide) groups is 1. The van der Waals surface area contributed by atoms with Crippen molar-refractivity contribution in [1.82, 2.24) is 10.2 Å². The fourth-order valence-corrected chi connectivity index (χ4v) is 3.84. The molecule has 0 aliphatic carbocycles. The van der Waals surface area contributed by atoms with Gasteiger partial charge in [0.15, 0.2) is 4.34 Å². The summed E-state index contributed by atoms with van der Waals surface area (Å²) >= 11 is 3.13. The number of esters is 1. The van der Waals surface area contributed by atoms with Crippen LogP contribution in [0.3, 0.4) is 0 Å². The minimum absolute atomic E-state index is 0.178. The predicted molar refractivity (Wildman–Crippen MR) is 73.8 cm³/mol. The summed E-state index contributed by atoms with van der Waals surface area (Å²) in [5, 5.41) is 9.11. The molecule has 0 amide bonds. The van der Waals surface area contributed by atoms with Crippen molar-refractivity contribution in [3.8, 4) is 0 Å². The van der Waals surface area contributed by atoms with E-state index in [1.54, 1.807) is 36.9 Å². The van der Waals surface area contributed by atoms with E-state index in [2.05, 4.69) is 10.2 Å². The molecule has 2 unspecified atom stereocenters. The van der Waals surface area contributed by atoms with Crippen LogP contribution >= 0.6 is 23.1 Å². The van der Waals surface area contributed by atoms with Crippen LogP contribution in [0.2, 0.25) is 0 Å². The lowest BCUT2D eigenvalue weighted by molar-refractivity contribution is -0.149. The molecule has 1 aromatic heterocycles. The minimum Gasteiger partial charge on any atom is -0.465 e. The lowest BCUT2D eigenvalue weighted by atomic mass is 9.98. The van der Waals surface area contributed by atoms with Crippen LogP contribution in [0.25, 0.3) is 0 Å². The van der Waals surface area contributed by atoms with Crippen molar-refractivity contribution in [2.75, 3.05) is 6.61 Å². The fourth-order valence-electron chi connectivity index (χ4n) is 1.52. The van der Waals surface area contributed by atoms with Gasteiger partial charge in [-0.15, -0.1) is 10.2 Å². The summed E-state index contributed by atoms with van der Waals surface area (Å²) in [4.78, 5) is 11.7. The molecule has 1 aromatic rings. The summed E-state index contributed by atoms with van der Waals surface area (Å²) in [7, 11) is 0. The molecule has 2 atom stereocenters. The number of hydrogen-bond acceptors (Lipinski definition) is 7. The van der Waals surface area contributed by atoms with Gasteiger partial charge in [-0.3, -0.25) is 4.79 Å². The molecule has 0 aromatic carbocycles. The molecule has 0 fully saturated rings. The standard InChI is InChI=1S/C11H19N3O2S2/c1-5-16-9(15)11(4,12)6-7(2)17-10-14-13-8(3)18-10/h7H,5-6,12H2,1-4H3. The Hall–Kier alpha value is -0.660. The lowest BCUT2D eigenvalue weighted by Gasteiger charge is -2.24. The van der Waals surface area contributed by atoms with E-state index in [9.17, 15) is 4.79 Å². The van der Waals surface area contributed by atoms with E-state index in [0.717, 1.165) is 9.35 Å². The number of aryl methyl sites for hydroxylation is 1. The molecule has 7 heteroatoms. The molecule has 0 saturated carbocycles. The Bertz CT molecular complexity index is 407. The lowest BCUT2D eigenvalue weighted by Crippen LogP contribution is -2.47. The van der Waals surface area contributed by atoms with Gasteiger partial charge in [0, 0.05) is 5.25 Å². The zero-order valence-corrected chi connectivity index (χ0v) is 12.7. The largest absolute Gasteiger partial charge is 0.465 e. The van der Waals surface area contributed by atoms with Crippen molar-refractivity contribution < 1.29 is 9.53 Å². The fraction of sp³-hybridized carbons (Fsp3) is 0.727. The van der Waals surface area contributed by atoms with Crippen molar-refractivity contribution >= 4 is 29.1 Å². The van der Waals surface area contributed by atoms with E-state index in [1.165, 1.54) is 0 Å². The third kappa shape index (κ3) is 4.55. The number of rotatable bonds is 6. The zero-order chi connectivity index (χ0) is 13.8. The average molecular weight is 289 g/mol. The molecule has 0 spiro atoms. The molecule has 0 radical (unpaired) electrons. The van der Waals surface area contributed by atoms with E-state index in [4.69, 9.17) is 10.5 Å². The third-order valence-electron chi connectivity index (χ3n) is 2.26. The zero-order valence-electron chi connectivity index (χ0n) is 11.1. The molecule has 102 valence electrons. The molecule has 1 heterocycles. The number of hydrogen-bond donors (Lipinski definition) is 1.